The summed E-state index contributed by atoms with van der Waals surface area (Å²) >= 11 is 0. The van der Waals surface area contributed by atoms with Crippen LogP contribution in [0.15, 0.2) is 48.5 Å². The Bertz CT molecular complexity index is 603. The van der Waals surface area contributed by atoms with Gasteiger partial charge in [0.05, 0.1) is 4.92 Å². The van der Waals surface area contributed by atoms with Crippen molar-refractivity contribution in [2.45, 2.75) is 6.10 Å². The molecular weight excluding hydrogens is 265 g/mol. The van der Waals surface area contributed by atoms with Gasteiger partial charge in [0.15, 0.2) is 5.75 Å². The van der Waals surface area contributed by atoms with E-state index < -0.39 is 16.8 Å². The van der Waals surface area contributed by atoms with Gasteiger partial charge in [-0.1, -0.05) is 30.3 Å². The van der Waals surface area contributed by atoms with Crippen molar-refractivity contribution in [1.82, 2.24) is 0 Å². The molecule has 0 amide bonds. The number of nitro groups is 1. The van der Waals surface area contributed by atoms with Gasteiger partial charge in [0.25, 0.3) is 0 Å². The van der Waals surface area contributed by atoms with Gasteiger partial charge < -0.3 is 9.84 Å². The normalized spacial score (nSPS) is 11.9. The van der Waals surface area contributed by atoms with Gasteiger partial charge in [-0.2, -0.15) is 0 Å². The van der Waals surface area contributed by atoms with Crippen LogP contribution in [0.4, 0.5) is 10.1 Å². The summed E-state index contributed by atoms with van der Waals surface area (Å²) in [7, 11) is 0. The lowest BCUT2D eigenvalue weighted by atomic mass is 10.1. The molecule has 0 aliphatic heterocycles. The minimum absolute atomic E-state index is 0.200. The topological polar surface area (TPSA) is 72.6 Å². The number of hydrogen-bond donors (Lipinski definition) is 1. The molecule has 0 fully saturated rings. The van der Waals surface area contributed by atoms with E-state index in [1.807, 2.05) is 0 Å². The molecule has 0 bridgehead atoms. The molecule has 0 spiro atoms. The lowest BCUT2D eigenvalue weighted by molar-refractivity contribution is -0.386. The number of hydrogen-bond acceptors (Lipinski definition) is 4. The molecule has 2 aromatic carbocycles. The Morgan fingerprint density at radius 3 is 2.60 bits per heavy atom. The van der Waals surface area contributed by atoms with E-state index in [-0.39, 0.29) is 18.0 Å². The maximum absolute atomic E-state index is 13.1. The van der Waals surface area contributed by atoms with Crippen LogP contribution in [0.3, 0.4) is 0 Å². The van der Waals surface area contributed by atoms with Crippen LogP contribution in [-0.2, 0) is 0 Å². The first kappa shape index (κ1) is 14.0. The van der Waals surface area contributed by atoms with Crippen LogP contribution in [-0.4, -0.2) is 16.6 Å². The van der Waals surface area contributed by atoms with E-state index in [1.165, 1.54) is 0 Å². The first-order valence-electron chi connectivity index (χ1n) is 5.87. The molecule has 1 unspecified atom stereocenters. The highest BCUT2D eigenvalue weighted by atomic mass is 19.1. The molecule has 6 heteroatoms. The van der Waals surface area contributed by atoms with E-state index in [2.05, 4.69) is 0 Å². The summed E-state index contributed by atoms with van der Waals surface area (Å²) < 4.78 is 18.3. The zero-order chi connectivity index (χ0) is 14.5. The number of nitrogens with zero attached hydrogens (tertiary/aromatic N) is 1. The molecule has 104 valence electrons. The van der Waals surface area contributed by atoms with Crippen LogP contribution < -0.4 is 4.74 Å². The van der Waals surface area contributed by atoms with E-state index in [0.29, 0.717) is 5.56 Å². The molecule has 0 heterocycles. The zero-order valence-electron chi connectivity index (χ0n) is 10.4. The van der Waals surface area contributed by atoms with Crippen LogP contribution in [0, 0.1) is 15.9 Å². The molecule has 0 saturated heterocycles. The Kier molecular flexibility index (Phi) is 4.27. The molecule has 20 heavy (non-hydrogen) atoms. The number of nitro benzene ring substituents is 1. The van der Waals surface area contributed by atoms with Gasteiger partial charge >= 0.3 is 5.69 Å². The number of aliphatic hydroxyl groups excluding tert-OH is 1. The van der Waals surface area contributed by atoms with Gasteiger partial charge in [-0.25, -0.2) is 4.39 Å². The third-order valence-corrected chi connectivity index (χ3v) is 2.70. The van der Waals surface area contributed by atoms with E-state index in [4.69, 9.17) is 4.74 Å². The van der Waals surface area contributed by atoms with Gasteiger partial charge in [0.1, 0.15) is 18.5 Å². The van der Waals surface area contributed by atoms with E-state index >= 15 is 0 Å². The zero-order valence-corrected chi connectivity index (χ0v) is 10.4. The summed E-state index contributed by atoms with van der Waals surface area (Å²) in [6, 6.07) is 11.6. The minimum Gasteiger partial charge on any atom is -0.484 e. The molecule has 0 aliphatic rings. The van der Waals surface area contributed by atoms with Crippen LogP contribution in [0.1, 0.15) is 11.7 Å². The standard InChI is InChI=1S/C14H12FNO4/c15-11-6-7-12(16(18)19)14(8-11)20-9-13(17)10-4-2-1-3-5-10/h1-8,13,17H,9H2. The second-order valence-corrected chi connectivity index (χ2v) is 4.11. The van der Waals surface area contributed by atoms with E-state index in [0.717, 1.165) is 18.2 Å². The van der Waals surface area contributed by atoms with Crippen LogP contribution in [0.5, 0.6) is 5.75 Å². The first-order valence-corrected chi connectivity index (χ1v) is 5.87. The fraction of sp³-hybridized carbons (Fsp3) is 0.143. The summed E-state index contributed by atoms with van der Waals surface area (Å²) in [5.74, 6) is -0.843. The molecular formula is C14H12FNO4. The fourth-order valence-corrected chi connectivity index (χ4v) is 1.69. The minimum atomic E-state index is -0.945. The van der Waals surface area contributed by atoms with Crippen molar-refractivity contribution in [3.8, 4) is 5.75 Å². The summed E-state index contributed by atoms with van der Waals surface area (Å²) in [5.41, 5.74) is 0.276. The molecule has 2 aromatic rings. The van der Waals surface area contributed by atoms with E-state index in [1.54, 1.807) is 30.3 Å². The van der Waals surface area contributed by atoms with Gasteiger partial charge in [-0.3, -0.25) is 10.1 Å². The van der Waals surface area contributed by atoms with Crippen molar-refractivity contribution in [3.63, 3.8) is 0 Å². The number of rotatable bonds is 5. The van der Waals surface area contributed by atoms with Crippen molar-refractivity contribution in [3.05, 3.63) is 70.0 Å². The van der Waals surface area contributed by atoms with Crippen molar-refractivity contribution in [1.29, 1.82) is 0 Å². The number of benzene rings is 2. The molecule has 0 saturated carbocycles. The molecule has 1 N–H and O–H groups in total. The molecule has 0 aliphatic carbocycles. The molecule has 0 aromatic heterocycles. The molecule has 0 radical (unpaired) electrons. The molecule has 1 atom stereocenters. The van der Waals surface area contributed by atoms with Gasteiger partial charge in [0, 0.05) is 12.1 Å². The van der Waals surface area contributed by atoms with Gasteiger partial charge in [-0.05, 0) is 11.6 Å². The maximum atomic E-state index is 13.1. The quantitative estimate of drug-likeness (QED) is 0.673. The van der Waals surface area contributed by atoms with Crippen molar-refractivity contribution < 1.29 is 19.2 Å². The molecule has 5 nitrogen and oxygen atoms in total. The summed E-state index contributed by atoms with van der Waals surface area (Å²) in [5, 5.41) is 20.7. The Labute approximate surface area is 114 Å². The number of ether oxygens (including phenoxy) is 1. The Hall–Kier alpha value is -2.47. The summed E-state index contributed by atoms with van der Waals surface area (Å²) in [6.07, 6.45) is -0.945. The maximum Gasteiger partial charge on any atom is 0.311 e. The Morgan fingerprint density at radius 1 is 1.25 bits per heavy atom. The van der Waals surface area contributed by atoms with Crippen molar-refractivity contribution in [2.24, 2.45) is 0 Å². The highest BCUT2D eigenvalue weighted by Crippen LogP contribution is 2.28. The predicted octanol–water partition coefficient (Wildman–Crippen LogP) is 2.85. The highest BCUT2D eigenvalue weighted by molar-refractivity contribution is 5.46. The fourth-order valence-electron chi connectivity index (χ4n) is 1.69. The Balaban J connectivity index is 2.11. The first-order chi connectivity index (χ1) is 9.58. The predicted molar refractivity (Wildman–Crippen MR) is 70.0 cm³/mol. The largest absolute Gasteiger partial charge is 0.484 e. The second-order valence-electron chi connectivity index (χ2n) is 4.11. The lowest BCUT2D eigenvalue weighted by Crippen LogP contribution is -2.10. The third-order valence-electron chi connectivity index (χ3n) is 2.70. The average molecular weight is 277 g/mol. The van der Waals surface area contributed by atoms with E-state index in [9.17, 15) is 19.6 Å². The Morgan fingerprint density at radius 2 is 1.95 bits per heavy atom. The van der Waals surface area contributed by atoms with Crippen LogP contribution in [0.25, 0.3) is 0 Å². The molecule has 2 rings (SSSR count). The summed E-state index contributed by atoms with van der Waals surface area (Å²) in [4.78, 5) is 10.1. The SMILES string of the molecule is O=[N+]([O-])c1ccc(F)cc1OCC(O)c1ccccc1. The van der Waals surface area contributed by atoms with Gasteiger partial charge in [-0.15, -0.1) is 0 Å². The van der Waals surface area contributed by atoms with Crippen molar-refractivity contribution >= 4 is 5.69 Å². The van der Waals surface area contributed by atoms with Crippen molar-refractivity contribution in [2.75, 3.05) is 6.61 Å². The smallest absolute Gasteiger partial charge is 0.311 e. The highest BCUT2D eigenvalue weighted by Gasteiger charge is 2.17. The van der Waals surface area contributed by atoms with Gasteiger partial charge in [0.2, 0.25) is 0 Å². The average Bonchev–Trinajstić information content (AvgIpc) is 2.45. The van der Waals surface area contributed by atoms with Crippen LogP contribution in [0.2, 0.25) is 0 Å². The van der Waals surface area contributed by atoms with Crippen LogP contribution >= 0.6 is 0 Å². The second kappa shape index (κ2) is 6.12. The number of aliphatic hydroxyl groups is 1. The summed E-state index contributed by atoms with van der Waals surface area (Å²) in [6.45, 7) is -0.200. The third kappa shape index (κ3) is 3.30. The monoisotopic (exact) mass is 277 g/mol. The number of halogens is 1. The lowest BCUT2D eigenvalue weighted by Gasteiger charge is -2.12.